The number of hydrogen-bond acceptors (Lipinski definition) is 12. The van der Waals surface area contributed by atoms with Crippen LogP contribution in [0.3, 0.4) is 0 Å². The minimum Gasteiger partial charge on any atom is -0.493 e. The quantitative estimate of drug-likeness (QED) is 0.364. The smallest absolute Gasteiger partial charge is 0.339 e. The van der Waals surface area contributed by atoms with Crippen LogP contribution in [0.2, 0.25) is 0 Å². The highest BCUT2D eigenvalue weighted by Gasteiger charge is 2.46. The van der Waals surface area contributed by atoms with Gasteiger partial charge in [-0.15, -0.1) is 0 Å². The number of hydrogen-bond donors (Lipinski definition) is 3. The van der Waals surface area contributed by atoms with Crippen molar-refractivity contribution >= 4 is 16.7 Å². The number of methoxy groups -OCH3 is 3. The molecule has 3 aromatic rings. The average Bonchev–Trinajstić information content (AvgIpc) is 3.59. The van der Waals surface area contributed by atoms with Crippen molar-refractivity contribution in [1.29, 1.82) is 0 Å². The zero-order valence-electron chi connectivity index (χ0n) is 21.9. The predicted octanol–water partition coefficient (Wildman–Crippen LogP) is 1.76. The second-order valence-corrected chi connectivity index (χ2v) is 9.54. The van der Waals surface area contributed by atoms with Gasteiger partial charge in [-0.2, -0.15) is 0 Å². The minimum absolute atomic E-state index is 0.0562. The first-order valence-corrected chi connectivity index (χ1v) is 12.5. The molecule has 3 heterocycles. The normalized spacial score (nSPS) is 25.1. The summed E-state index contributed by atoms with van der Waals surface area (Å²) in [7, 11) is 4.41. The maximum Gasteiger partial charge on any atom is 0.339 e. The van der Waals surface area contributed by atoms with Gasteiger partial charge >= 0.3 is 5.97 Å². The van der Waals surface area contributed by atoms with Crippen LogP contribution in [0.1, 0.15) is 15.9 Å². The van der Waals surface area contributed by atoms with Gasteiger partial charge in [-0.25, -0.2) is 4.79 Å². The third-order valence-electron chi connectivity index (χ3n) is 7.31. The lowest BCUT2D eigenvalue weighted by Gasteiger charge is -2.40. The van der Waals surface area contributed by atoms with Crippen LogP contribution in [0.5, 0.6) is 28.7 Å². The van der Waals surface area contributed by atoms with Gasteiger partial charge in [0.05, 0.1) is 26.4 Å². The Kier molecular flexibility index (Phi) is 6.80. The van der Waals surface area contributed by atoms with Crippen molar-refractivity contribution in [2.75, 3.05) is 34.7 Å². The van der Waals surface area contributed by atoms with Gasteiger partial charge in [0.2, 0.25) is 13.1 Å². The average molecular weight is 557 g/mol. The fourth-order valence-corrected chi connectivity index (χ4v) is 5.33. The zero-order chi connectivity index (χ0) is 28.1. The molecule has 0 aromatic heterocycles. The highest BCUT2D eigenvalue weighted by molar-refractivity contribution is 6.14. The van der Waals surface area contributed by atoms with Crippen molar-refractivity contribution in [3.8, 4) is 39.9 Å². The van der Waals surface area contributed by atoms with Crippen molar-refractivity contribution in [2.24, 2.45) is 0 Å². The summed E-state index contributed by atoms with van der Waals surface area (Å²) < 4.78 is 44.8. The van der Waals surface area contributed by atoms with E-state index in [1.165, 1.54) is 21.3 Å². The number of fused-ring (bicyclic) bond motifs is 3. The largest absolute Gasteiger partial charge is 0.493 e. The molecular formula is C28H28O12. The molecule has 0 saturated carbocycles. The Labute approximate surface area is 228 Å². The topological polar surface area (TPSA) is 152 Å². The third kappa shape index (κ3) is 4.16. The molecule has 3 N–H and O–H groups in total. The molecule has 0 amide bonds. The van der Waals surface area contributed by atoms with Crippen LogP contribution in [0, 0.1) is 0 Å². The Hall–Kier alpha value is -3.81. The van der Waals surface area contributed by atoms with Crippen LogP contribution in [0.4, 0.5) is 0 Å². The third-order valence-corrected chi connectivity index (χ3v) is 7.31. The van der Waals surface area contributed by atoms with E-state index in [4.69, 9.17) is 37.9 Å². The fourth-order valence-electron chi connectivity index (χ4n) is 5.33. The summed E-state index contributed by atoms with van der Waals surface area (Å²) in [4.78, 5) is 13.2. The molecule has 6 rings (SSSR count). The van der Waals surface area contributed by atoms with Gasteiger partial charge in [0.1, 0.15) is 36.8 Å². The first-order chi connectivity index (χ1) is 19.4. The molecule has 212 valence electrons. The van der Waals surface area contributed by atoms with E-state index >= 15 is 0 Å². The summed E-state index contributed by atoms with van der Waals surface area (Å²) in [5, 5.41) is 32.7. The molecule has 3 aromatic carbocycles. The Morgan fingerprint density at radius 2 is 1.57 bits per heavy atom. The minimum atomic E-state index is -1.61. The van der Waals surface area contributed by atoms with Gasteiger partial charge in [-0.3, -0.25) is 0 Å². The van der Waals surface area contributed by atoms with Crippen molar-refractivity contribution in [3.63, 3.8) is 0 Å². The van der Waals surface area contributed by atoms with Gasteiger partial charge in [0, 0.05) is 23.6 Å². The molecule has 0 unspecified atom stereocenters. The van der Waals surface area contributed by atoms with E-state index < -0.39 is 36.7 Å². The highest BCUT2D eigenvalue weighted by Crippen LogP contribution is 2.49. The molecule has 1 fully saturated rings. The van der Waals surface area contributed by atoms with Crippen LogP contribution in [0.25, 0.3) is 21.9 Å². The second-order valence-electron chi connectivity index (χ2n) is 9.54. The van der Waals surface area contributed by atoms with Gasteiger partial charge in [-0.1, -0.05) is 6.07 Å². The zero-order valence-corrected chi connectivity index (χ0v) is 21.9. The van der Waals surface area contributed by atoms with E-state index in [-0.39, 0.29) is 31.3 Å². The Morgan fingerprint density at radius 3 is 2.30 bits per heavy atom. The number of carbonyl (C=O) groups excluding carboxylic acids is 1. The molecule has 40 heavy (non-hydrogen) atoms. The number of aliphatic hydroxyl groups excluding tert-OH is 3. The van der Waals surface area contributed by atoms with Crippen LogP contribution in [0.15, 0.2) is 30.3 Å². The SMILES string of the molecule is COC[C@H]1O[C@@H](Oc2c3c(c(-c4ccc5c(c4)OCO5)c4cc(OC)c(OC)cc24)C(=O)OC3)[C@H](O)[C@@H](O)[C@H]1O. The lowest BCUT2D eigenvalue weighted by atomic mass is 9.89. The standard InChI is InChI=1S/C28H28O12/c1-33-10-20-23(29)24(30)25(31)28(39-20)40-26-14-8-18(35-3)17(34-2)7-13(14)21(22-15(26)9-36-27(22)32)12-4-5-16-19(6-12)38-11-37-16/h4-8,20,23-25,28-31H,9-11H2,1-3H3/t20-,23+,24+,25-,28+/m1/s1. The number of cyclic esters (lactones) is 1. The molecular weight excluding hydrogens is 528 g/mol. The van der Waals surface area contributed by atoms with Crippen molar-refractivity contribution < 1.29 is 58.0 Å². The van der Waals surface area contributed by atoms with E-state index in [9.17, 15) is 20.1 Å². The second kappa shape index (κ2) is 10.3. The van der Waals surface area contributed by atoms with Crippen molar-refractivity contribution in [3.05, 3.63) is 41.5 Å². The summed E-state index contributed by atoms with van der Waals surface area (Å²) in [6.45, 7) is -0.0774. The highest BCUT2D eigenvalue weighted by atomic mass is 16.7. The lowest BCUT2D eigenvalue weighted by Crippen LogP contribution is -2.60. The Balaban J connectivity index is 1.57. The number of rotatable bonds is 7. The van der Waals surface area contributed by atoms with E-state index in [1.807, 2.05) is 6.07 Å². The van der Waals surface area contributed by atoms with Crippen molar-refractivity contribution in [2.45, 2.75) is 37.3 Å². The molecule has 0 spiro atoms. The van der Waals surface area contributed by atoms with Crippen LogP contribution in [-0.2, 0) is 20.8 Å². The molecule has 0 bridgehead atoms. The van der Waals surface area contributed by atoms with E-state index in [0.29, 0.717) is 50.5 Å². The maximum atomic E-state index is 13.2. The predicted molar refractivity (Wildman–Crippen MR) is 137 cm³/mol. The molecule has 3 aliphatic heterocycles. The fraction of sp³-hybridized carbons (Fsp3) is 0.393. The van der Waals surface area contributed by atoms with Crippen molar-refractivity contribution in [1.82, 2.24) is 0 Å². The first-order valence-electron chi connectivity index (χ1n) is 12.5. The number of aliphatic hydroxyl groups is 3. The summed E-state index contributed by atoms with van der Waals surface area (Å²) in [5.41, 5.74) is 1.89. The number of carbonyl (C=O) groups is 1. The monoisotopic (exact) mass is 556 g/mol. The first kappa shape index (κ1) is 26.4. The molecule has 0 radical (unpaired) electrons. The number of ether oxygens (including phenoxy) is 8. The summed E-state index contributed by atoms with van der Waals surface area (Å²) in [6, 6.07) is 8.76. The van der Waals surface area contributed by atoms with E-state index in [1.54, 1.807) is 24.3 Å². The molecule has 12 heteroatoms. The van der Waals surface area contributed by atoms with Crippen LogP contribution in [-0.4, -0.2) is 86.7 Å². The Morgan fingerprint density at radius 1 is 0.850 bits per heavy atom. The molecule has 1 saturated heterocycles. The number of esters is 1. The van der Waals surface area contributed by atoms with Gasteiger partial charge in [0.15, 0.2) is 23.0 Å². The maximum absolute atomic E-state index is 13.2. The lowest BCUT2D eigenvalue weighted by molar-refractivity contribution is -0.278. The van der Waals surface area contributed by atoms with E-state index in [2.05, 4.69) is 0 Å². The van der Waals surface area contributed by atoms with Gasteiger partial charge < -0.3 is 53.2 Å². The molecule has 5 atom stereocenters. The molecule has 12 nitrogen and oxygen atoms in total. The van der Waals surface area contributed by atoms with E-state index in [0.717, 1.165) is 0 Å². The number of benzene rings is 3. The van der Waals surface area contributed by atoms with Gasteiger partial charge in [-0.05, 0) is 35.2 Å². The van der Waals surface area contributed by atoms with Crippen LogP contribution >= 0.6 is 0 Å². The molecule has 0 aliphatic carbocycles. The summed E-state index contributed by atoms with van der Waals surface area (Å²) in [6.07, 6.45) is -6.97. The summed E-state index contributed by atoms with van der Waals surface area (Å²) in [5.74, 6) is 1.52. The molecule has 3 aliphatic rings. The Bertz CT molecular complexity index is 1470. The summed E-state index contributed by atoms with van der Waals surface area (Å²) >= 11 is 0. The van der Waals surface area contributed by atoms with Crippen LogP contribution < -0.4 is 23.7 Å². The van der Waals surface area contributed by atoms with Gasteiger partial charge in [0.25, 0.3) is 0 Å².